The Hall–Kier alpha value is -1.77. The van der Waals surface area contributed by atoms with Crippen molar-refractivity contribution in [3.63, 3.8) is 0 Å². The standard InChI is InChI=1S/C19H28N2O/c1-14-11-15(2)19(16(3)12-14)21-13-18(22)20-10-9-17-7-5-4-6-8-17/h7,11-12,21H,4-6,8-10,13H2,1-3H3,(H,20,22). The van der Waals surface area contributed by atoms with E-state index in [0.717, 1.165) is 18.7 Å². The summed E-state index contributed by atoms with van der Waals surface area (Å²) < 4.78 is 0. The second kappa shape index (κ2) is 8.02. The monoisotopic (exact) mass is 300 g/mol. The maximum Gasteiger partial charge on any atom is 0.239 e. The number of carbonyl (C=O) groups is 1. The Morgan fingerprint density at radius 3 is 2.50 bits per heavy atom. The summed E-state index contributed by atoms with van der Waals surface area (Å²) in [6, 6.07) is 4.28. The molecule has 0 saturated heterocycles. The van der Waals surface area contributed by atoms with Crippen LogP contribution in [0.2, 0.25) is 0 Å². The van der Waals surface area contributed by atoms with Gasteiger partial charge < -0.3 is 10.6 Å². The summed E-state index contributed by atoms with van der Waals surface area (Å²) in [4.78, 5) is 12.0. The molecule has 1 aromatic carbocycles. The van der Waals surface area contributed by atoms with Crippen LogP contribution in [0.1, 0.15) is 48.8 Å². The number of allylic oxidation sites excluding steroid dienone is 1. The minimum atomic E-state index is 0.0655. The first-order chi connectivity index (χ1) is 10.6. The predicted octanol–water partition coefficient (Wildman–Crippen LogP) is 4.03. The van der Waals surface area contributed by atoms with Gasteiger partial charge in [0.15, 0.2) is 0 Å². The molecular weight excluding hydrogens is 272 g/mol. The molecule has 0 spiro atoms. The number of amides is 1. The summed E-state index contributed by atoms with van der Waals surface area (Å²) in [6.45, 7) is 7.34. The quantitative estimate of drug-likeness (QED) is 0.779. The van der Waals surface area contributed by atoms with Gasteiger partial charge in [0, 0.05) is 12.2 Å². The molecule has 0 aliphatic heterocycles. The molecule has 0 atom stereocenters. The number of hydrogen-bond donors (Lipinski definition) is 2. The first-order valence-corrected chi connectivity index (χ1v) is 8.32. The largest absolute Gasteiger partial charge is 0.376 e. The molecule has 1 aliphatic rings. The van der Waals surface area contributed by atoms with E-state index < -0.39 is 0 Å². The van der Waals surface area contributed by atoms with Crippen LogP contribution in [0.25, 0.3) is 0 Å². The molecule has 3 nitrogen and oxygen atoms in total. The van der Waals surface area contributed by atoms with Crippen LogP contribution in [0.3, 0.4) is 0 Å². The molecule has 0 bridgehead atoms. The van der Waals surface area contributed by atoms with Gasteiger partial charge in [0.2, 0.25) is 5.91 Å². The zero-order valence-electron chi connectivity index (χ0n) is 14.1. The SMILES string of the molecule is Cc1cc(C)c(NCC(=O)NCCC2=CCCCC2)c(C)c1. The first-order valence-electron chi connectivity index (χ1n) is 8.32. The van der Waals surface area contributed by atoms with E-state index in [9.17, 15) is 4.79 Å². The molecule has 0 fully saturated rings. The maximum absolute atomic E-state index is 12.0. The Morgan fingerprint density at radius 1 is 1.14 bits per heavy atom. The Labute approximate surface area is 134 Å². The molecule has 1 amide bonds. The number of rotatable bonds is 6. The van der Waals surface area contributed by atoms with Gasteiger partial charge in [0.25, 0.3) is 0 Å². The lowest BCUT2D eigenvalue weighted by Gasteiger charge is -2.15. The van der Waals surface area contributed by atoms with Gasteiger partial charge in [-0.3, -0.25) is 4.79 Å². The summed E-state index contributed by atoms with van der Waals surface area (Å²) in [6.07, 6.45) is 8.36. The van der Waals surface area contributed by atoms with Crippen LogP contribution in [0.15, 0.2) is 23.8 Å². The second-order valence-corrected chi connectivity index (χ2v) is 6.34. The Kier molecular flexibility index (Phi) is 6.05. The number of nitrogens with one attached hydrogen (secondary N) is 2. The molecule has 120 valence electrons. The number of hydrogen-bond acceptors (Lipinski definition) is 2. The lowest BCUT2D eigenvalue weighted by molar-refractivity contribution is -0.119. The van der Waals surface area contributed by atoms with Crippen LogP contribution < -0.4 is 10.6 Å². The third-order valence-electron chi connectivity index (χ3n) is 4.26. The number of aryl methyl sites for hydroxylation is 3. The van der Waals surface area contributed by atoms with Crippen molar-refractivity contribution in [3.8, 4) is 0 Å². The minimum absolute atomic E-state index is 0.0655. The van der Waals surface area contributed by atoms with E-state index >= 15 is 0 Å². The van der Waals surface area contributed by atoms with E-state index in [2.05, 4.69) is 49.6 Å². The minimum Gasteiger partial charge on any atom is -0.376 e. The fraction of sp³-hybridized carbons (Fsp3) is 0.526. The average Bonchev–Trinajstić information content (AvgIpc) is 2.47. The lowest BCUT2D eigenvalue weighted by Crippen LogP contribution is -2.31. The molecule has 1 aromatic rings. The fourth-order valence-corrected chi connectivity index (χ4v) is 3.18. The second-order valence-electron chi connectivity index (χ2n) is 6.34. The molecule has 3 heteroatoms. The van der Waals surface area contributed by atoms with Crippen LogP contribution in [0, 0.1) is 20.8 Å². The van der Waals surface area contributed by atoms with Crippen LogP contribution >= 0.6 is 0 Å². The molecule has 22 heavy (non-hydrogen) atoms. The summed E-state index contributed by atoms with van der Waals surface area (Å²) in [5.41, 5.74) is 6.22. The van der Waals surface area contributed by atoms with Crippen LogP contribution in [0.4, 0.5) is 5.69 Å². The van der Waals surface area contributed by atoms with E-state index in [1.54, 1.807) is 0 Å². The molecule has 0 heterocycles. The third-order valence-corrected chi connectivity index (χ3v) is 4.26. The van der Waals surface area contributed by atoms with Gasteiger partial charge >= 0.3 is 0 Å². The van der Waals surface area contributed by atoms with Gasteiger partial charge in [-0.15, -0.1) is 0 Å². The fourth-order valence-electron chi connectivity index (χ4n) is 3.18. The van der Waals surface area contributed by atoms with E-state index in [-0.39, 0.29) is 5.91 Å². The molecule has 0 saturated carbocycles. The highest BCUT2D eigenvalue weighted by molar-refractivity contribution is 5.81. The van der Waals surface area contributed by atoms with E-state index in [0.29, 0.717) is 6.54 Å². The van der Waals surface area contributed by atoms with Gasteiger partial charge in [-0.25, -0.2) is 0 Å². The third kappa shape index (κ3) is 4.90. The zero-order chi connectivity index (χ0) is 15.9. The van der Waals surface area contributed by atoms with Gasteiger partial charge in [-0.2, -0.15) is 0 Å². The summed E-state index contributed by atoms with van der Waals surface area (Å²) in [7, 11) is 0. The van der Waals surface area contributed by atoms with Gasteiger partial charge in [-0.1, -0.05) is 29.3 Å². The van der Waals surface area contributed by atoms with Crippen LogP contribution in [-0.4, -0.2) is 19.0 Å². The molecule has 2 N–H and O–H groups in total. The van der Waals surface area contributed by atoms with Crippen LogP contribution in [-0.2, 0) is 4.79 Å². The predicted molar refractivity (Wildman–Crippen MR) is 93.3 cm³/mol. The van der Waals surface area contributed by atoms with Gasteiger partial charge in [0.05, 0.1) is 6.54 Å². The number of benzene rings is 1. The average molecular weight is 300 g/mol. The number of carbonyl (C=O) groups excluding carboxylic acids is 1. The topological polar surface area (TPSA) is 41.1 Å². The Bertz CT molecular complexity index is 538. The maximum atomic E-state index is 12.0. The van der Waals surface area contributed by atoms with Crippen molar-refractivity contribution in [1.82, 2.24) is 5.32 Å². The van der Waals surface area contributed by atoms with E-state index in [1.807, 2.05) is 0 Å². The van der Waals surface area contributed by atoms with Crippen LogP contribution in [0.5, 0.6) is 0 Å². The van der Waals surface area contributed by atoms with Crippen molar-refractivity contribution < 1.29 is 4.79 Å². The van der Waals surface area contributed by atoms with Crippen molar-refractivity contribution in [1.29, 1.82) is 0 Å². The Morgan fingerprint density at radius 2 is 1.86 bits per heavy atom. The molecular formula is C19H28N2O. The molecule has 0 aromatic heterocycles. The zero-order valence-corrected chi connectivity index (χ0v) is 14.1. The highest BCUT2D eigenvalue weighted by Gasteiger charge is 2.07. The summed E-state index contributed by atoms with van der Waals surface area (Å²) in [5.74, 6) is 0.0655. The highest BCUT2D eigenvalue weighted by Crippen LogP contribution is 2.21. The normalized spacial score (nSPS) is 14.4. The first kappa shape index (κ1) is 16.6. The summed E-state index contributed by atoms with van der Waals surface area (Å²) >= 11 is 0. The Balaban J connectivity index is 1.75. The molecule has 2 rings (SSSR count). The van der Waals surface area contributed by atoms with Crippen molar-refractivity contribution >= 4 is 11.6 Å². The molecule has 1 aliphatic carbocycles. The van der Waals surface area contributed by atoms with E-state index in [1.165, 1.54) is 47.9 Å². The highest BCUT2D eigenvalue weighted by atomic mass is 16.1. The van der Waals surface area contributed by atoms with Crippen molar-refractivity contribution in [2.45, 2.75) is 52.9 Å². The number of anilines is 1. The summed E-state index contributed by atoms with van der Waals surface area (Å²) in [5, 5.41) is 6.28. The van der Waals surface area contributed by atoms with Crippen molar-refractivity contribution in [2.24, 2.45) is 0 Å². The van der Waals surface area contributed by atoms with Crippen molar-refractivity contribution in [3.05, 3.63) is 40.5 Å². The smallest absolute Gasteiger partial charge is 0.239 e. The van der Waals surface area contributed by atoms with E-state index in [4.69, 9.17) is 0 Å². The molecule has 0 radical (unpaired) electrons. The van der Waals surface area contributed by atoms with Gasteiger partial charge in [0.1, 0.15) is 0 Å². The lowest BCUT2D eigenvalue weighted by atomic mass is 9.97. The van der Waals surface area contributed by atoms with Gasteiger partial charge in [-0.05, 0) is 64.0 Å². The molecule has 0 unspecified atom stereocenters. The van der Waals surface area contributed by atoms with Crippen molar-refractivity contribution in [2.75, 3.05) is 18.4 Å².